The molecule has 0 amide bonds. The molecule has 0 saturated heterocycles. The molecule has 28 valence electrons. The smallest absolute Gasteiger partial charge is 1.00 e. The Morgan fingerprint density at radius 1 is 1.33 bits per heavy atom. The van der Waals surface area contributed by atoms with Gasteiger partial charge in [-0.2, -0.15) is 0 Å². The van der Waals surface area contributed by atoms with Gasteiger partial charge in [-0.3, -0.25) is 4.46 Å². The number of hydrogen-bond acceptors (Lipinski definition) is 1. The molecule has 0 aromatic rings. The van der Waals surface area contributed by atoms with Gasteiger partial charge in [0.1, 0.15) is 0 Å². The van der Waals surface area contributed by atoms with E-state index in [4.69, 9.17) is 14.1 Å². The third-order valence-electron chi connectivity index (χ3n) is 0. The molecule has 0 spiro atoms. The van der Waals surface area contributed by atoms with E-state index < -0.39 is 9.17 Å². The van der Waals surface area contributed by atoms with Gasteiger partial charge in [0.25, 0.3) is 0 Å². The molecule has 0 atom stereocenters. The molecule has 0 saturated carbocycles. The van der Waals surface area contributed by atoms with Crippen LogP contribution in [0.4, 0.5) is 0 Å². The van der Waals surface area contributed by atoms with Gasteiger partial charge >= 0.3 is 68.3 Å². The number of rotatable bonds is 0. The molecule has 0 unspecified atom stereocenters. The predicted octanol–water partition coefficient (Wildman–Crippen LogP) is -7.38. The van der Waals surface area contributed by atoms with Crippen molar-refractivity contribution in [1.29, 1.82) is 0 Å². The predicted molar refractivity (Wildman–Crippen MR) is 13.1 cm³/mol. The summed E-state index contributed by atoms with van der Waals surface area (Å²) in [5, 5.41) is 0. The number of hydrogen-bond donors (Lipinski definition) is 2. The van der Waals surface area contributed by atoms with Gasteiger partial charge in [-0.25, -0.2) is 0 Å². The van der Waals surface area contributed by atoms with Crippen molar-refractivity contribution in [2.24, 2.45) is 0 Å². The van der Waals surface area contributed by atoms with Crippen molar-refractivity contribution in [3.63, 3.8) is 0 Å². The minimum atomic E-state index is -3.13. The van der Waals surface area contributed by atoms with E-state index >= 15 is 0 Å². The summed E-state index contributed by atoms with van der Waals surface area (Å²) in [7, 11) is -3.13. The maximum Gasteiger partial charge on any atom is 1.00 e. The van der Waals surface area contributed by atoms with Gasteiger partial charge in [0.2, 0.25) is 0 Å². The molecule has 0 bridgehead atoms. The van der Waals surface area contributed by atoms with Crippen LogP contribution >= 0.6 is 0 Å². The second-order valence-corrected chi connectivity index (χ2v) is 0.848. The van der Waals surface area contributed by atoms with Crippen molar-refractivity contribution >= 4 is 9.17 Å². The summed E-state index contributed by atoms with van der Waals surface area (Å²) in [6, 6.07) is 0. The molecule has 0 aromatic heterocycles. The van der Waals surface area contributed by atoms with Crippen LogP contribution in [0.5, 0.6) is 0 Å². The Morgan fingerprint density at radius 2 is 1.33 bits per heavy atom. The van der Waals surface area contributed by atoms with Gasteiger partial charge in [0.05, 0.1) is 0 Å². The molecule has 0 heterocycles. The van der Waals surface area contributed by atoms with Crippen LogP contribution in [0.15, 0.2) is 0 Å². The Balaban J connectivity index is -0.00000000750. The van der Waals surface area contributed by atoms with Crippen molar-refractivity contribution in [3.05, 3.63) is 0 Å². The molecular formula is H4Na2O3Si. The Kier molecular flexibility index (Phi) is 25.5. The average molecular weight is 126 g/mol. The van der Waals surface area contributed by atoms with E-state index in [0.717, 1.165) is 0 Å². The molecule has 0 aliphatic rings. The molecule has 0 rings (SSSR count). The summed E-state index contributed by atoms with van der Waals surface area (Å²) in [4.78, 5) is 14.3. The normalized spacial score (nSPS) is 4.00. The molecule has 0 radical (unpaired) electrons. The summed E-state index contributed by atoms with van der Waals surface area (Å²) in [5.74, 6) is 0. The van der Waals surface area contributed by atoms with E-state index in [1.165, 1.54) is 0 Å². The monoisotopic (exact) mass is 126 g/mol. The maximum atomic E-state index is 8.74. The van der Waals surface area contributed by atoms with Gasteiger partial charge < -0.3 is 12.4 Å². The molecule has 0 fully saturated rings. The van der Waals surface area contributed by atoms with Crippen LogP contribution in [-0.2, 0) is 4.46 Å². The van der Waals surface area contributed by atoms with E-state index in [-0.39, 0.29) is 62.0 Å². The molecule has 6 heavy (non-hydrogen) atoms. The van der Waals surface area contributed by atoms with E-state index in [1.54, 1.807) is 0 Å². The van der Waals surface area contributed by atoms with Crippen LogP contribution in [-0.4, -0.2) is 18.8 Å². The summed E-state index contributed by atoms with van der Waals surface area (Å²) < 4.78 is 8.74. The standard InChI is InChI=1S/2Na.H2O3Si.2H/c;;1-4(2)3;;/h;;1-2H;;/q2*+1;;2*-1. The average Bonchev–Trinajstić information content (AvgIpc) is 0.811. The Morgan fingerprint density at radius 3 is 1.33 bits per heavy atom. The summed E-state index contributed by atoms with van der Waals surface area (Å²) >= 11 is 0. The zero-order valence-electron chi connectivity index (χ0n) is 5.80. The van der Waals surface area contributed by atoms with Crippen LogP contribution in [0.2, 0.25) is 0 Å². The van der Waals surface area contributed by atoms with Gasteiger partial charge in [-0.05, 0) is 0 Å². The van der Waals surface area contributed by atoms with Crippen molar-refractivity contribution < 1.29 is 76.0 Å². The molecule has 0 aliphatic heterocycles. The summed E-state index contributed by atoms with van der Waals surface area (Å²) in [5.41, 5.74) is 0. The zero-order chi connectivity index (χ0) is 3.58. The van der Waals surface area contributed by atoms with Gasteiger partial charge in [0, 0.05) is 0 Å². The van der Waals surface area contributed by atoms with Gasteiger partial charge in [-0.1, -0.05) is 0 Å². The van der Waals surface area contributed by atoms with Gasteiger partial charge in [-0.15, -0.1) is 0 Å². The molecule has 2 N–H and O–H groups in total. The fraction of sp³-hybridized carbons (Fsp3) is 0. The van der Waals surface area contributed by atoms with E-state index in [2.05, 4.69) is 0 Å². The van der Waals surface area contributed by atoms with Crippen LogP contribution in [0.3, 0.4) is 0 Å². The minimum absolute atomic E-state index is 0. The molecule has 6 heteroatoms. The first-order valence-corrected chi connectivity index (χ1v) is 1.95. The van der Waals surface area contributed by atoms with E-state index in [9.17, 15) is 0 Å². The van der Waals surface area contributed by atoms with Crippen LogP contribution in [0.25, 0.3) is 0 Å². The molecule has 0 aromatic carbocycles. The molecular weight excluding hydrogens is 122 g/mol. The first-order chi connectivity index (χ1) is 1.73. The molecule has 3 nitrogen and oxygen atoms in total. The molecule has 0 aliphatic carbocycles. The van der Waals surface area contributed by atoms with Crippen molar-refractivity contribution in [3.8, 4) is 0 Å². The Hall–Kier alpha value is 1.62. The summed E-state index contributed by atoms with van der Waals surface area (Å²) in [6.07, 6.45) is 0. The minimum Gasteiger partial charge on any atom is -1.00 e. The van der Waals surface area contributed by atoms with Crippen LogP contribution < -0.4 is 59.1 Å². The Labute approximate surface area is 84.2 Å². The third kappa shape index (κ3) is 45.8. The topological polar surface area (TPSA) is 57.5 Å². The first kappa shape index (κ1) is 15.6. The fourth-order valence-corrected chi connectivity index (χ4v) is 0. The SMILES string of the molecule is O=[Si](O)O.[H-].[H-].[Na+].[Na+]. The third-order valence-corrected chi connectivity index (χ3v) is 0. The van der Waals surface area contributed by atoms with E-state index in [1.807, 2.05) is 0 Å². The Bertz CT molecular complexity index is 38.3. The van der Waals surface area contributed by atoms with Crippen molar-refractivity contribution in [1.82, 2.24) is 0 Å². The zero-order valence-corrected chi connectivity index (χ0v) is 8.80. The van der Waals surface area contributed by atoms with Crippen LogP contribution in [0, 0.1) is 0 Å². The maximum absolute atomic E-state index is 8.74. The quantitative estimate of drug-likeness (QED) is 0.317. The fourth-order valence-electron chi connectivity index (χ4n) is 0. The van der Waals surface area contributed by atoms with Crippen molar-refractivity contribution in [2.75, 3.05) is 0 Å². The van der Waals surface area contributed by atoms with Crippen molar-refractivity contribution in [2.45, 2.75) is 0 Å². The second-order valence-electron chi connectivity index (χ2n) is 0.283. The largest absolute Gasteiger partial charge is 1.00 e. The first-order valence-electron chi connectivity index (χ1n) is 0.651. The summed E-state index contributed by atoms with van der Waals surface area (Å²) in [6.45, 7) is 0. The van der Waals surface area contributed by atoms with E-state index in [0.29, 0.717) is 0 Å². The van der Waals surface area contributed by atoms with Crippen LogP contribution in [0.1, 0.15) is 2.85 Å². The van der Waals surface area contributed by atoms with Gasteiger partial charge in [0.15, 0.2) is 0 Å². The second kappa shape index (κ2) is 9.79.